The Morgan fingerprint density at radius 3 is 3.00 bits per heavy atom. The summed E-state index contributed by atoms with van der Waals surface area (Å²) in [7, 11) is 0. The number of hydrogen-bond donors (Lipinski definition) is 1. The van der Waals surface area contributed by atoms with Crippen molar-refractivity contribution in [2.45, 2.75) is 6.42 Å². The third-order valence-corrected chi connectivity index (χ3v) is 2.10. The average Bonchev–Trinajstić information content (AvgIpc) is 2.45. The van der Waals surface area contributed by atoms with Crippen molar-refractivity contribution in [2.75, 3.05) is 5.32 Å². The van der Waals surface area contributed by atoms with Crippen molar-refractivity contribution in [3.8, 4) is 0 Å². The number of nitrogens with one attached hydrogen (secondary N) is 1. The quantitative estimate of drug-likeness (QED) is 0.698. The van der Waals surface area contributed by atoms with E-state index in [-0.39, 0.29) is 11.7 Å². The minimum Gasteiger partial charge on any atom is -0.325 e. The molecule has 1 aromatic carbocycles. The molecule has 2 nitrogen and oxygen atoms in total. The first-order valence-corrected chi connectivity index (χ1v) is 3.96. The van der Waals surface area contributed by atoms with Gasteiger partial charge in [-0.05, 0) is 11.6 Å². The topological polar surface area (TPSA) is 29.1 Å². The molecule has 1 aliphatic heterocycles. The van der Waals surface area contributed by atoms with Crippen molar-refractivity contribution in [1.82, 2.24) is 0 Å². The maximum Gasteiger partial charge on any atom is 0.228 e. The molecule has 1 aliphatic rings. The lowest BCUT2D eigenvalue weighted by Gasteiger charge is -2.04. The summed E-state index contributed by atoms with van der Waals surface area (Å²) in [6.07, 6.45) is 1.75. The first-order chi connectivity index (χ1) is 6.22. The van der Waals surface area contributed by atoms with Crippen LogP contribution in [-0.4, -0.2) is 5.91 Å². The molecule has 0 aromatic heterocycles. The molecule has 0 unspecified atom stereocenters. The van der Waals surface area contributed by atoms with Crippen LogP contribution in [0.25, 0.3) is 6.08 Å². The van der Waals surface area contributed by atoms with Gasteiger partial charge in [0.1, 0.15) is 5.82 Å². The molecular weight excluding hydrogens is 169 g/mol. The van der Waals surface area contributed by atoms with Crippen LogP contribution >= 0.6 is 0 Å². The second-order valence-electron chi connectivity index (χ2n) is 2.92. The van der Waals surface area contributed by atoms with Crippen molar-refractivity contribution in [3.05, 3.63) is 35.7 Å². The van der Waals surface area contributed by atoms with E-state index in [0.29, 0.717) is 17.7 Å². The molecule has 1 aromatic rings. The third-order valence-electron chi connectivity index (χ3n) is 2.10. The van der Waals surface area contributed by atoms with Gasteiger partial charge in [-0.2, -0.15) is 0 Å². The summed E-state index contributed by atoms with van der Waals surface area (Å²) in [5.74, 6) is -0.445. The van der Waals surface area contributed by atoms with Gasteiger partial charge < -0.3 is 5.32 Å². The molecule has 0 bridgehead atoms. The summed E-state index contributed by atoms with van der Waals surface area (Å²) in [5.41, 5.74) is 1.78. The van der Waals surface area contributed by atoms with E-state index in [1.807, 2.05) is 0 Å². The molecule has 1 N–H and O–H groups in total. The van der Waals surface area contributed by atoms with Crippen molar-refractivity contribution >= 4 is 17.7 Å². The number of carbonyl (C=O) groups excluding carboxylic acids is 1. The molecule has 0 aliphatic carbocycles. The van der Waals surface area contributed by atoms with E-state index in [1.165, 1.54) is 12.1 Å². The highest BCUT2D eigenvalue weighted by Gasteiger charge is 2.21. The molecule has 13 heavy (non-hydrogen) atoms. The summed E-state index contributed by atoms with van der Waals surface area (Å²) in [6, 6.07) is 2.98. The molecule has 0 atom stereocenters. The van der Waals surface area contributed by atoms with Gasteiger partial charge in [-0.25, -0.2) is 4.39 Å². The van der Waals surface area contributed by atoms with E-state index in [1.54, 1.807) is 6.07 Å². The second-order valence-corrected chi connectivity index (χ2v) is 2.92. The van der Waals surface area contributed by atoms with Gasteiger partial charge in [-0.3, -0.25) is 4.79 Å². The standard InChI is InChI=1S/C10H8FNO/c1-2-7-8(11)4-3-6-5-9(13)12-10(6)7/h2-4H,1,5H2,(H,12,13). The number of carbonyl (C=O) groups is 1. The molecule has 0 saturated heterocycles. The molecule has 1 heterocycles. The highest BCUT2D eigenvalue weighted by Crippen LogP contribution is 2.29. The minimum absolute atomic E-state index is 0.0938. The molecule has 3 heteroatoms. The summed E-state index contributed by atoms with van der Waals surface area (Å²) in [4.78, 5) is 11.0. The van der Waals surface area contributed by atoms with Gasteiger partial charge in [0, 0.05) is 5.56 Å². The van der Waals surface area contributed by atoms with Crippen molar-refractivity contribution in [2.24, 2.45) is 0 Å². The maximum atomic E-state index is 13.1. The van der Waals surface area contributed by atoms with Crippen LogP contribution in [0.3, 0.4) is 0 Å². The molecule has 0 fully saturated rings. The fourth-order valence-corrected chi connectivity index (χ4v) is 1.49. The zero-order chi connectivity index (χ0) is 9.42. The first kappa shape index (κ1) is 7.98. The van der Waals surface area contributed by atoms with Crippen LogP contribution < -0.4 is 5.32 Å². The fourth-order valence-electron chi connectivity index (χ4n) is 1.49. The normalized spacial score (nSPS) is 13.8. The van der Waals surface area contributed by atoms with Crippen LogP contribution in [0.2, 0.25) is 0 Å². The van der Waals surface area contributed by atoms with Crippen LogP contribution in [-0.2, 0) is 11.2 Å². The highest BCUT2D eigenvalue weighted by atomic mass is 19.1. The van der Waals surface area contributed by atoms with Crippen LogP contribution in [0.1, 0.15) is 11.1 Å². The zero-order valence-electron chi connectivity index (χ0n) is 6.93. The monoisotopic (exact) mass is 177 g/mol. The molecule has 1 amide bonds. The first-order valence-electron chi connectivity index (χ1n) is 3.96. The fraction of sp³-hybridized carbons (Fsp3) is 0.100. The predicted molar refractivity (Wildman–Crippen MR) is 48.8 cm³/mol. The van der Waals surface area contributed by atoms with Gasteiger partial charge in [0.2, 0.25) is 5.91 Å². The Morgan fingerprint density at radius 1 is 1.54 bits per heavy atom. The van der Waals surface area contributed by atoms with Gasteiger partial charge in [0.25, 0.3) is 0 Å². The van der Waals surface area contributed by atoms with E-state index in [9.17, 15) is 9.18 Å². The Morgan fingerprint density at radius 2 is 2.31 bits per heavy atom. The smallest absolute Gasteiger partial charge is 0.228 e. The molecular formula is C10H8FNO. The van der Waals surface area contributed by atoms with E-state index in [0.717, 1.165) is 5.56 Å². The van der Waals surface area contributed by atoms with Crippen molar-refractivity contribution < 1.29 is 9.18 Å². The zero-order valence-corrected chi connectivity index (χ0v) is 6.93. The molecule has 0 radical (unpaired) electrons. The van der Waals surface area contributed by atoms with E-state index in [2.05, 4.69) is 11.9 Å². The van der Waals surface area contributed by atoms with Crippen molar-refractivity contribution in [3.63, 3.8) is 0 Å². The Labute approximate surface area is 75.1 Å². The molecule has 66 valence electrons. The average molecular weight is 177 g/mol. The number of rotatable bonds is 1. The Bertz CT molecular complexity index is 398. The van der Waals surface area contributed by atoms with Gasteiger partial charge in [-0.1, -0.05) is 18.7 Å². The van der Waals surface area contributed by atoms with Gasteiger partial charge in [0.15, 0.2) is 0 Å². The Kier molecular flexibility index (Phi) is 1.65. The highest BCUT2D eigenvalue weighted by molar-refractivity contribution is 6.01. The molecule has 0 saturated carbocycles. The van der Waals surface area contributed by atoms with Crippen LogP contribution in [0.5, 0.6) is 0 Å². The lowest BCUT2D eigenvalue weighted by molar-refractivity contribution is -0.115. The number of amides is 1. The largest absolute Gasteiger partial charge is 0.325 e. The van der Waals surface area contributed by atoms with Crippen molar-refractivity contribution in [1.29, 1.82) is 0 Å². The molecule has 0 spiro atoms. The molecule has 2 rings (SSSR count). The third kappa shape index (κ3) is 1.13. The Hall–Kier alpha value is -1.64. The summed E-state index contributed by atoms with van der Waals surface area (Å²) in [6.45, 7) is 3.50. The van der Waals surface area contributed by atoms with E-state index >= 15 is 0 Å². The van der Waals surface area contributed by atoms with Gasteiger partial charge in [0.05, 0.1) is 12.1 Å². The number of benzene rings is 1. The lowest BCUT2D eigenvalue weighted by atomic mass is 10.1. The van der Waals surface area contributed by atoms with Crippen LogP contribution in [0.4, 0.5) is 10.1 Å². The minimum atomic E-state index is -0.351. The van der Waals surface area contributed by atoms with Crippen LogP contribution in [0, 0.1) is 5.82 Å². The van der Waals surface area contributed by atoms with E-state index in [4.69, 9.17) is 0 Å². The van der Waals surface area contributed by atoms with E-state index < -0.39 is 0 Å². The maximum absolute atomic E-state index is 13.1. The number of halogens is 1. The number of fused-ring (bicyclic) bond motifs is 1. The lowest BCUT2D eigenvalue weighted by Crippen LogP contribution is -2.04. The van der Waals surface area contributed by atoms with Gasteiger partial charge in [-0.15, -0.1) is 0 Å². The summed E-state index contributed by atoms with van der Waals surface area (Å²) < 4.78 is 13.1. The van der Waals surface area contributed by atoms with Crippen LogP contribution in [0.15, 0.2) is 18.7 Å². The summed E-state index contributed by atoms with van der Waals surface area (Å²) in [5, 5.41) is 2.61. The SMILES string of the molecule is C=Cc1c(F)ccc2c1NC(=O)C2. The number of hydrogen-bond acceptors (Lipinski definition) is 1. The second kappa shape index (κ2) is 2.69. The number of anilines is 1. The van der Waals surface area contributed by atoms with Gasteiger partial charge >= 0.3 is 0 Å². The summed E-state index contributed by atoms with van der Waals surface area (Å²) >= 11 is 0. The predicted octanol–water partition coefficient (Wildman–Crippen LogP) is 1.96. The Balaban J connectivity index is 2.64.